The van der Waals surface area contributed by atoms with E-state index in [2.05, 4.69) is 4.98 Å². The van der Waals surface area contributed by atoms with Gasteiger partial charge in [-0.05, 0) is 48.9 Å². The average Bonchev–Trinajstić information content (AvgIpc) is 3.19. The SMILES string of the molecule is COC(=O)c1ccc(C)c(S(=O)(=O)N(Cc2ccco2)c2ccccn2)c1. The van der Waals surface area contributed by atoms with E-state index in [1.165, 1.54) is 31.7 Å². The van der Waals surface area contributed by atoms with Crippen molar-refractivity contribution in [3.8, 4) is 0 Å². The molecule has 0 unspecified atom stereocenters. The molecule has 0 fully saturated rings. The lowest BCUT2D eigenvalue weighted by molar-refractivity contribution is 0.0600. The molecule has 2 heterocycles. The molecule has 0 bridgehead atoms. The van der Waals surface area contributed by atoms with Crippen LogP contribution < -0.4 is 4.31 Å². The van der Waals surface area contributed by atoms with Crippen LogP contribution in [0.3, 0.4) is 0 Å². The van der Waals surface area contributed by atoms with Crippen LogP contribution in [0.25, 0.3) is 0 Å². The van der Waals surface area contributed by atoms with Crippen molar-refractivity contribution < 1.29 is 22.4 Å². The zero-order chi connectivity index (χ0) is 19.4. The number of hydrogen-bond donors (Lipinski definition) is 0. The maximum atomic E-state index is 13.4. The maximum Gasteiger partial charge on any atom is 0.337 e. The smallest absolute Gasteiger partial charge is 0.337 e. The summed E-state index contributed by atoms with van der Waals surface area (Å²) in [4.78, 5) is 16.0. The molecule has 8 heteroatoms. The summed E-state index contributed by atoms with van der Waals surface area (Å²) >= 11 is 0. The minimum absolute atomic E-state index is 0.00242. The summed E-state index contributed by atoms with van der Waals surface area (Å²) < 4.78 is 38.0. The number of hydrogen-bond acceptors (Lipinski definition) is 6. The van der Waals surface area contributed by atoms with Crippen LogP contribution >= 0.6 is 0 Å². The second kappa shape index (κ2) is 7.63. The van der Waals surface area contributed by atoms with Gasteiger partial charge in [-0.2, -0.15) is 0 Å². The summed E-state index contributed by atoms with van der Waals surface area (Å²) in [5, 5.41) is 0. The average molecular weight is 386 g/mol. The molecule has 2 aromatic heterocycles. The Bertz CT molecular complexity index is 1030. The first kappa shape index (κ1) is 18.7. The predicted molar refractivity (Wildman–Crippen MR) is 98.8 cm³/mol. The number of rotatable bonds is 6. The molecule has 7 nitrogen and oxygen atoms in total. The third kappa shape index (κ3) is 3.85. The molecule has 3 aromatic rings. The number of anilines is 1. The first-order chi connectivity index (χ1) is 12.9. The molecule has 0 saturated carbocycles. The number of aryl methyl sites for hydroxylation is 1. The fourth-order valence-electron chi connectivity index (χ4n) is 2.58. The number of ether oxygens (including phenoxy) is 1. The molecule has 0 aliphatic rings. The Balaban J connectivity index is 2.12. The van der Waals surface area contributed by atoms with E-state index in [0.29, 0.717) is 11.3 Å². The number of aromatic nitrogens is 1. The molecular weight excluding hydrogens is 368 g/mol. The summed E-state index contributed by atoms with van der Waals surface area (Å²) in [7, 11) is -2.78. The molecule has 0 N–H and O–H groups in total. The molecule has 0 aliphatic carbocycles. The highest BCUT2D eigenvalue weighted by Crippen LogP contribution is 2.27. The molecule has 1 aromatic carbocycles. The van der Waals surface area contributed by atoms with Crippen molar-refractivity contribution >= 4 is 21.8 Å². The molecule has 0 saturated heterocycles. The molecule has 140 valence electrons. The van der Waals surface area contributed by atoms with Gasteiger partial charge >= 0.3 is 5.97 Å². The zero-order valence-corrected chi connectivity index (χ0v) is 15.6. The first-order valence-corrected chi connectivity index (χ1v) is 9.52. The minimum Gasteiger partial charge on any atom is -0.467 e. The Morgan fingerprint density at radius 2 is 2.00 bits per heavy atom. The van der Waals surface area contributed by atoms with Crippen LogP contribution in [0.5, 0.6) is 0 Å². The molecule has 0 spiro atoms. The minimum atomic E-state index is -4.02. The highest BCUT2D eigenvalue weighted by Gasteiger charge is 2.29. The van der Waals surface area contributed by atoms with E-state index in [1.54, 1.807) is 43.3 Å². The monoisotopic (exact) mass is 386 g/mol. The second-order valence-electron chi connectivity index (χ2n) is 5.75. The number of carbonyl (C=O) groups is 1. The van der Waals surface area contributed by atoms with Crippen molar-refractivity contribution in [3.63, 3.8) is 0 Å². The van der Waals surface area contributed by atoms with E-state index in [4.69, 9.17) is 9.15 Å². The number of benzene rings is 1. The molecule has 3 rings (SSSR count). The summed E-state index contributed by atoms with van der Waals surface area (Å²) in [5.41, 5.74) is 0.656. The first-order valence-electron chi connectivity index (χ1n) is 8.08. The second-order valence-corrected chi connectivity index (χ2v) is 7.58. The van der Waals surface area contributed by atoms with E-state index in [1.807, 2.05) is 0 Å². The van der Waals surface area contributed by atoms with E-state index < -0.39 is 16.0 Å². The summed E-state index contributed by atoms with van der Waals surface area (Å²) in [6.07, 6.45) is 2.99. The van der Waals surface area contributed by atoms with Crippen LogP contribution in [0.2, 0.25) is 0 Å². The molecule has 0 amide bonds. The lowest BCUT2D eigenvalue weighted by Gasteiger charge is -2.23. The van der Waals surface area contributed by atoms with Crippen molar-refractivity contribution in [2.45, 2.75) is 18.4 Å². The number of furan rings is 1. The number of nitrogens with zero attached hydrogens (tertiary/aromatic N) is 2. The van der Waals surface area contributed by atoms with E-state index in [9.17, 15) is 13.2 Å². The molecule has 0 atom stereocenters. The van der Waals surface area contributed by atoms with Gasteiger partial charge in [0.2, 0.25) is 0 Å². The maximum absolute atomic E-state index is 13.4. The van der Waals surface area contributed by atoms with Crippen molar-refractivity contribution in [3.05, 3.63) is 77.9 Å². The van der Waals surface area contributed by atoms with Crippen molar-refractivity contribution in [2.24, 2.45) is 0 Å². The van der Waals surface area contributed by atoms with Crippen LogP contribution in [0.15, 0.2) is 70.3 Å². The highest BCUT2D eigenvalue weighted by atomic mass is 32.2. The fourth-order valence-corrected chi connectivity index (χ4v) is 4.22. The zero-order valence-electron chi connectivity index (χ0n) is 14.8. The summed E-state index contributed by atoms with van der Waals surface area (Å²) in [6, 6.07) is 12.8. The highest BCUT2D eigenvalue weighted by molar-refractivity contribution is 7.92. The van der Waals surface area contributed by atoms with Crippen LogP contribution in [-0.4, -0.2) is 26.5 Å². The van der Waals surface area contributed by atoms with Gasteiger partial charge in [0.05, 0.1) is 30.4 Å². The van der Waals surface area contributed by atoms with E-state index in [0.717, 1.165) is 4.31 Å². The Kier molecular flexibility index (Phi) is 5.27. The van der Waals surface area contributed by atoms with Gasteiger partial charge in [-0.15, -0.1) is 0 Å². The largest absolute Gasteiger partial charge is 0.467 e. The Morgan fingerprint density at radius 3 is 2.63 bits per heavy atom. The van der Waals surface area contributed by atoms with Gasteiger partial charge in [-0.1, -0.05) is 12.1 Å². The number of sulfonamides is 1. The van der Waals surface area contributed by atoms with Crippen molar-refractivity contribution in [1.29, 1.82) is 0 Å². The third-order valence-corrected chi connectivity index (χ3v) is 5.85. The van der Waals surface area contributed by atoms with Crippen molar-refractivity contribution in [1.82, 2.24) is 4.98 Å². The van der Waals surface area contributed by atoms with Crippen LogP contribution in [-0.2, 0) is 21.3 Å². The number of methoxy groups -OCH3 is 1. The van der Waals surface area contributed by atoms with Gasteiger partial charge in [-0.3, -0.25) is 0 Å². The van der Waals surface area contributed by atoms with Crippen LogP contribution in [0.1, 0.15) is 21.7 Å². The molecular formula is C19H18N2O5S. The van der Waals surface area contributed by atoms with Crippen molar-refractivity contribution in [2.75, 3.05) is 11.4 Å². The van der Waals surface area contributed by atoms with E-state index >= 15 is 0 Å². The van der Waals surface area contributed by atoms with Gasteiger partial charge in [0, 0.05) is 6.20 Å². The topological polar surface area (TPSA) is 89.7 Å². The Labute approximate surface area is 157 Å². The number of pyridine rings is 1. The van der Waals surface area contributed by atoms with Gasteiger partial charge in [-0.25, -0.2) is 22.5 Å². The van der Waals surface area contributed by atoms with Crippen LogP contribution in [0.4, 0.5) is 5.82 Å². The normalized spacial score (nSPS) is 11.2. The van der Waals surface area contributed by atoms with Gasteiger partial charge in [0.15, 0.2) is 0 Å². The number of esters is 1. The quantitative estimate of drug-likeness (QED) is 0.605. The van der Waals surface area contributed by atoms with Gasteiger partial charge in [0.1, 0.15) is 11.6 Å². The summed E-state index contributed by atoms with van der Waals surface area (Å²) in [6.45, 7) is 1.63. The summed E-state index contributed by atoms with van der Waals surface area (Å²) in [5.74, 6) is 0.102. The number of carbonyl (C=O) groups excluding carboxylic acids is 1. The fraction of sp³-hybridized carbons (Fsp3) is 0.158. The Hall–Kier alpha value is -3.13. The van der Waals surface area contributed by atoms with E-state index in [-0.39, 0.29) is 22.8 Å². The standard InChI is InChI=1S/C19H18N2O5S/c1-14-8-9-15(19(22)25-2)12-17(14)27(23,24)21(13-16-6-5-11-26-16)18-7-3-4-10-20-18/h3-12H,13H2,1-2H3. The Morgan fingerprint density at radius 1 is 1.19 bits per heavy atom. The predicted octanol–water partition coefficient (Wildman–Crippen LogP) is 3.17. The molecule has 0 radical (unpaired) electrons. The van der Waals surface area contributed by atoms with Gasteiger partial charge < -0.3 is 9.15 Å². The van der Waals surface area contributed by atoms with Gasteiger partial charge in [0.25, 0.3) is 10.0 Å². The molecule has 0 aliphatic heterocycles. The lowest BCUT2D eigenvalue weighted by Crippen LogP contribution is -2.31. The third-order valence-electron chi connectivity index (χ3n) is 3.96. The molecule has 27 heavy (non-hydrogen) atoms. The van der Waals surface area contributed by atoms with Crippen LogP contribution in [0, 0.1) is 6.92 Å². The lowest BCUT2D eigenvalue weighted by atomic mass is 10.1.